The summed E-state index contributed by atoms with van der Waals surface area (Å²) in [5.74, 6) is -0.555. The van der Waals surface area contributed by atoms with Crippen molar-refractivity contribution in [3.63, 3.8) is 0 Å². The van der Waals surface area contributed by atoms with Crippen molar-refractivity contribution < 1.29 is 8.78 Å². The molecular weight excluding hydrogens is 422 g/mol. The molecule has 0 atom stereocenters. The van der Waals surface area contributed by atoms with E-state index in [9.17, 15) is 8.78 Å². The zero-order chi connectivity index (χ0) is 22.8. The number of halogens is 2. The van der Waals surface area contributed by atoms with Crippen molar-refractivity contribution >= 4 is 21.5 Å². The summed E-state index contributed by atoms with van der Waals surface area (Å²) < 4.78 is 29.3. The first-order valence-electron chi connectivity index (χ1n) is 11.3. The highest BCUT2D eigenvalue weighted by molar-refractivity contribution is 5.83. The fourth-order valence-electron chi connectivity index (χ4n) is 5.32. The van der Waals surface area contributed by atoms with Crippen LogP contribution in [0.1, 0.15) is 0 Å². The molecule has 0 saturated heterocycles. The van der Waals surface area contributed by atoms with Gasteiger partial charge in [0.05, 0.1) is 0 Å². The topological polar surface area (TPSA) is 0 Å². The van der Waals surface area contributed by atoms with Crippen molar-refractivity contribution in [2.75, 3.05) is 0 Å². The van der Waals surface area contributed by atoms with Crippen LogP contribution in [0.2, 0.25) is 0 Å². The van der Waals surface area contributed by atoms with E-state index in [4.69, 9.17) is 0 Å². The summed E-state index contributed by atoms with van der Waals surface area (Å²) in [5.41, 5.74) is 0. The zero-order valence-electron chi connectivity index (χ0n) is 18.1. The Kier molecular flexibility index (Phi) is 4.01. The van der Waals surface area contributed by atoms with Gasteiger partial charge >= 0.3 is 0 Å². The highest BCUT2D eigenvalue weighted by atomic mass is 19.1. The van der Waals surface area contributed by atoms with E-state index in [1.165, 1.54) is 12.1 Å². The molecule has 0 aromatic heterocycles. The molecule has 0 spiro atoms. The van der Waals surface area contributed by atoms with Crippen LogP contribution in [-0.2, 0) is 0 Å². The second-order valence-corrected chi connectivity index (χ2v) is 8.87. The summed E-state index contributed by atoms with van der Waals surface area (Å²) in [6.07, 6.45) is 0. The van der Waals surface area contributed by atoms with Gasteiger partial charge in [-0.2, -0.15) is 0 Å². The lowest BCUT2D eigenvalue weighted by Gasteiger charge is -2.06. The Balaban J connectivity index is 2.02. The van der Waals surface area contributed by atoms with Gasteiger partial charge in [0, 0.05) is 0 Å². The Morgan fingerprint density at radius 3 is 0.941 bits per heavy atom. The first-order chi connectivity index (χ1) is 16.7. The SMILES string of the molecule is Fc1ccc2/c(c1)=c1/cc3ccccc3c/c1=c1\ccc(F)c\c1=c1/cc3ccccc3c/c1=2. The highest BCUT2D eigenvalue weighted by Gasteiger charge is 2.06. The van der Waals surface area contributed by atoms with E-state index in [2.05, 4.69) is 48.5 Å². The van der Waals surface area contributed by atoms with Crippen molar-refractivity contribution in [2.45, 2.75) is 0 Å². The van der Waals surface area contributed by atoms with E-state index in [0.29, 0.717) is 0 Å². The maximum atomic E-state index is 14.7. The van der Waals surface area contributed by atoms with Crippen LogP contribution in [0.4, 0.5) is 8.78 Å². The van der Waals surface area contributed by atoms with Crippen molar-refractivity contribution in [1.29, 1.82) is 0 Å². The molecule has 0 nitrogen and oxygen atoms in total. The number of rotatable bonds is 0. The van der Waals surface area contributed by atoms with Crippen LogP contribution in [0.15, 0.2) is 109 Å². The molecule has 0 aliphatic heterocycles. The van der Waals surface area contributed by atoms with E-state index >= 15 is 0 Å². The van der Waals surface area contributed by atoms with E-state index in [0.717, 1.165) is 63.3 Å². The van der Waals surface area contributed by atoms with Gasteiger partial charge in [-0.3, -0.25) is 0 Å². The first kappa shape index (κ1) is 19.2. The van der Waals surface area contributed by atoms with Crippen LogP contribution in [0.5, 0.6) is 0 Å². The monoisotopic (exact) mass is 440 g/mol. The Bertz CT molecular complexity index is 2040. The summed E-state index contributed by atoms with van der Waals surface area (Å²) in [6, 6.07) is 34.8. The highest BCUT2D eigenvalue weighted by Crippen LogP contribution is 2.22. The molecule has 0 amide bonds. The van der Waals surface area contributed by atoms with Crippen LogP contribution >= 0.6 is 0 Å². The molecule has 2 heteroatoms. The molecule has 160 valence electrons. The van der Waals surface area contributed by atoms with Gasteiger partial charge in [0.15, 0.2) is 0 Å². The molecule has 7 rings (SSSR count). The minimum absolute atomic E-state index is 0.278. The van der Waals surface area contributed by atoms with Crippen molar-refractivity contribution in [2.24, 2.45) is 0 Å². The third-order valence-electron chi connectivity index (χ3n) is 6.90. The third-order valence-corrected chi connectivity index (χ3v) is 6.90. The number of fused-ring (bicyclic) bond motifs is 6. The fraction of sp³-hybridized carbons (Fsp3) is 0. The normalized spacial score (nSPS) is 16.1. The predicted octanol–water partition coefficient (Wildman–Crippen LogP) is 7.73. The lowest BCUT2D eigenvalue weighted by molar-refractivity contribution is 0.626. The molecule has 0 radical (unpaired) electrons. The number of hydrogen-bond acceptors (Lipinski definition) is 0. The summed E-state index contributed by atoms with van der Waals surface area (Å²) in [5, 5.41) is 11.7. The Labute approximate surface area is 193 Å². The Hall–Kier alpha value is -4.30. The number of benzene rings is 6. The second-order valence-electron chi connectivity index (χ2n) is 8.87. The smallest absolute Gasteiger partial charge is 0.123 e. The molecule has 1 aliphatic rings. The minimum Gasteiger partial charge on any atom is -0.207 e. The van der Waals surface area contributed by atoms with Gasteiger partial charge in [-0.05, 0) is 112 Å². The zero-order valence-corrected chi connectivity index (χ0v) is 18.1. The van der Waals surface area contributed by atoms with Gasteiger partial charge in [-0.1, -0.05) is 60.7 Å². The van der Waals surface area contributed by atoms with Gasteiger partial charge < -0.3 is 0 Å². The Morgan fingerprint density at radius 1 is 0.294 bits per heavy atom. The third kappa shape index (κ3) is 2.82. The van der Waals surface area contributed by atoms with Crippen LogP contribution in [0, 0.1) is 53.4 Å². The van der Waals surface area contributed by atoms with Gasteiger partial charge in [0.2, 0.25) is 0 Å². The van der Waals surface area contributed by atoms with Gasteiger partial charge in [0.25, 0.3) is 0 Å². The molecule has 6 aromatic rings. The molecule has 0 saturated carbocycles. The number of hydrogen-bond donors (Lipinski definition) is 0. The summed E-state index contributed by atoms with van der Waals surface area (Å²) in [6.45, 7) is 0. The minimum atomic E-state index is -0.278. The van der Waals surface area contributed by atoms with Crippen LogP contribution < -0.4 is 0 Å². The Morgan fingerprint density at radius 2 is 0.588 bits per heavy atom. The molecule has 0 heterocycles. The largest absolute Gasteiger partial charge is 0.207 e. The second kappa shape index (κ2) is 7.10. The van der Waals surface area contributed by atoms with E-state index in [-0.39, 0.29) is 11.6 Å². The molecule has 0 fully saturated rings. The van der Waals surface area contributed by atoms with Gasteiger partial charge in [-0.15, -0.1) is 0 Å². The summed E-state index contributed by atoms with van der Waals surface area (Å²) >= 11 is 0. The average molecular weight is 440 g/mol. The lowest BCUT2D eigenvalue weighted by Crippen LogP contribution is -1.92. The van der Waals surface area contributed by atoms with E-state index < -0.39 is 0 Å². The standard InChI is InChI=1S/C32H18F2/c33-23-9-11-25-27-13-19-5-1-3-7-21(19)15-29(27)32-18-24(34)10-12-26(32)28-14-20-6-2-4-8-22(20)16-30(28)31(25)17-23/h1-18H/b27-25-,28-26-,31-30-,32-29-. The molecule has 6 aromatic carbocycles. The summed E-state index contributed by atoms with van der Waals surface area (Å²) in [7, 11) is 0. The van der Waals surface area contributed by atoms with Gasteiger partial charge in [0.1, 0.15) is 11.6 Å². The van der Waals surface area contributed by atoms with Crippen molar-refractivity contribution in [1.82, 2.24) is 0 Å². The van der Waals surface area contributed by atoms with Crippen LogP contribution in [0.3, 0.4) is 0 Å². The fourth-order valence-corrected chi connectivity index (χ4v) is 5.32. The molecule has 34 heavy (non-hydrogen) atoms. The molecule has 1 aliphatic carbocycles. The first-order valence-corrected chi connectivity index (χ1v) is 11.3. The average Bonchev–Trinajstić information content (AvgIpc) is 2.86. The molecule has 0 bridgehead atoms. The van der Waals surface area contributed by atoms with Crippen molar-refractivity contribution in [3.8, 4) is 0 Å². The quantitative estimate of drug-likeness (QED) is 0.226. The predicted molar refractivity (Wildman–Crippen MR) is 131 cm³/mol. The lowest BCUT2D eigenvalue weighted by atomic mass is 9.98. The van der Waals surface area contributed by atoms with Crippen LogP contribution in [0.25, 0.3) is 21.5 Å². The van der Waals surface area contributed by atoms with Crippen molar-refractivity contribution in [3.05, 3.63) is 163 Å². The van der Waals surface area contributed by atoms with E-state index in [1.807, 2.05) is 36.4 Å². The van der Waals surface area contributed by atoms with Crippen LogP contribution in [-0.4, -0.2) is 0 Å². The van der Waals surface area contributed by atoms with E-state index in [1.54, 1.807) is 12.1 Å². The molecule has 0 unspecified atom stereocenters. The summed E-state index contributed by atoms with van der Waals surface area (Å²) in [4.78, 5) is 0. The van der Waals surface area contributed by atoms with Gasteiger partial charge in [-0.25, -0.2) is 8.78 Å². The molecular formula is C32H18F2. The molecule has 0 N–H and O–H groups in total. The maximum absolute atomic E-state index is 14.7. The maximum Gasteiger partial charge on any atom is 0.123 e.